The number of hydrogen-bond donors (Lipinski definition) is 1. The topological polar surface area (TPSA) is 32.9 Å². The summed E-state index contributed by atoms with van der Waals surface area (Å²) in [7, 11) is 0. The average Bonchev–Trinajstić information content (AvgIpc) is 2.71. The monoisotopic (exact) mass is 249 g/mol. The van der Waals surface area contributed by atoms with E-state index in [1.165, 1.54) is 0 Å². The number of halogens is 1. The van der Waals surface area contributed by atoms with Crippen molar-refractivity contribution in [1.29, 1.82) is 0 Å². The molecule has 0 bridgehead atoms. The molecule has 0 saturated heterocycles. The maximum Gasteiger partial charge on any atom is 0.165 e. The summed E-state index contributed by atoms with van der Waals surface area (Å²) >= 11 is 5.96. The number of carbonyl (C=O) groups excluding carboxylic acids is 1. The number of carbonyl (C=O) groups is 1. The number of rotatable bonds is 4. The Morgan fingerprint density at radius 3 is 2.94 bits per heavy atom. The van der Waals surface area contributed by atoms with E-state index >= 15 is 0 Å². The van der Waals surface area contributed by atoms with Gasteiger partial charge in [-0.3, -0.25) is 4.79 Å². The molecule has 1 atom stereocenters. The van der Waals surface area contributed by atoms with E-state index in [1.807, 2.05) is 18.2 Å². The Kier molecular flexibility index (Phi) is 3.53. The van der Waals surface area contributed by atoms with Crippen molar-refractivity contribution in [3.63, 3.8) is 0 Å². The molecule has 0 fully saturated rings. The van der Waals surface area contributed by atoms with Gasteiger partial charge in [-0.05, 0) is 24.1 Å². The van der Waals surface area contributed by atoms with Gasteiger partial charge in [-0.25, -0.2) is 0 Å². The molecule has 3 heteroatoms. The Morgan fingerprint density at radius 1 is 1.47 bits per heavy atom. The molecule has 1 unspecified atom stereocenters. The van der Waals surface area contributed by atoms with Crippen LogP contribution in [-0.2, 0) is 0 Å². The summed E-state index contributed by atoms with van der Waals surface area (Å²) in [4.78, 5) is 15.2. The second-order valence-corrected chi connectivity index (χ2v) is 4.97. The summed E-state index contributed by atoms with van der Waals surface area (Å²) in [5, 5.41) is 1.58. The van der Waals surface area contributed by atoms with Crippen LogP contribution in [0.4, 0.5) is 0 Å². The zero-order valence-corrected chi connectivity index (χ0v) is 10.8. The van der Waals surface area contributed by atoms with Gasteiger partial charge < -0.3 is 4.98 Å². The highest BCUT2D eigenvalue weighted by Gasteiger charge is 2.14. The van der Waals surface area contributed by atoms with Crippen LogP contribution in [0.2, 0.25) is 5.02 Å². The Balaban J connectivity index is 2.35. The van der Waals surface area contributed by atoms with Crippen LogP contribution >= 0.6 is 11.6 Å². The van der Waals surface area contributed by atoms with Gasteiger partial charge in [0.15, 0.2) is 5.78 Å². The Morgan fingerprint density at radius 2 is 2.24 bits per heavy atom. The maximum absolute atomic E-state index is 12.1. The number of ketones is 1. The fourth-order valence-corrected chi connectivity index (χ4v) is 2.07. The normalized spacial score (nSPS) is 12.9. The minimum absolute atomic E-state index is 0.188. The van der Waals surface area contributed by atoms with Crippen LogP contribution in [0.15, 0.2) is 24.4 Å². The Labute approximate surface area is 106 Å². The van der Waals surface area contributed by atoms with E-state index in [0.717, 1.165) is 22.9 Å². The molecule has 0 radical (unpaired) electrons. The van der Waals surface area contributed by atoms with Crippen LogP contribution in [0.25, 0.3) is 10.9 Å². The standard InChI is InChI=1S/C14H16ClNO/c1-3-9(2)6-14(17)12-8-16-13-5-4-10(15)7-11(12)13/h4-5,7-9,16H,3,6H2,1-2H3. The van der Waals surface area contributed by atoms with Crippen LogP contribution in [0.5, 0.6) is 0 Å². The van der Waals surface area contributed by atoms with E-state index in [2.05, 4.69) is 18.8 Å². The van der Waals surface area contributed by atoms with Crippen molar-refractivity contribution in [1.82, 2.24) is 4.98 Å². The molecule has 90 valence electrons. The van der Waals surface area contributed by atoms with E-state index in [-0.39, 0.29) is 5.78 Å². The lowest BCUT2D eigenvalue weighted by atomic mass is 9.97. The minimum Gasteiger partial charge on any atom is -0.360 e. The first-order chi connectivity index (χ1) is 8.11. The molecule has 17 heavy (non-hydrogen) atoms. The quantitative estimate of drug-likeness (QED) is 0.799. The zero-order chi connectivity index (χ0) is 12.4. The number of hydrogen-bond acceptors (Lipinski definition) is 1. The van der Waals surface area contributed by atoms with Gasteiger partial charge in [0.25, 0.3) is 0 Å². The van der Waals surface area contributed by atoms with Crippen LogP contribution in [-0.4, -0.2) is 10.8 Å². The Bertz CT molecular complexity index is 544. The van der Waals surface area contributed by atoms with Gasteiger partial charge in [0.05, 0.1) is 0 Å². The highest BCUT2D eigenvalue weighted by Crippen LogP contribution is 2.24. The van der Waals surface area contributed by atoms with Gasteiger partial charge in [0.1, 0.15) is 0 Å². The number of fused-ring (bicyclic) bond motifs is 1. The fourth-order valence-electron chi connectivity index (χ4n) is 1.89. The predicted octanol–water partition coefficient (Wildman–Crippen LogP) is 4.44. The largest absolute Gasteiger partial charge is 0.360 e. The molecule has 0 amide bonds. The molecular formula is C14H16ClNO. The number of Topliss-reactive ketones (excluding diaryl/α,β-unsaturated/α-hetero) is 1. The van der Waals surface area contributed by atoms with Gasteiger partial charge in [-0.15, -0.1) is 0 Å². The Hall–Kier alpha value is -1.28. The fraction of sp³-hybridized carbons (Fsp3) is 0.357. The molecule has 0 aliphatic rings. The van der Waals surface area contributed by atoms with Crippen molar-refractivity contribution in [2.45, 2.75) is 26.7 Å². The smallest absolute Gasteiger partial charge is 0.165 e. The van der Waals surface area contributed by atoms with Gasteiger partial charge in [0.2, 0.25) is 0 Å². The third-order valence-corrected chi connectivity index (χ3v) is 3.41. The third kappa shape index (κ3) is 2.52. The van der Waals surface area contributed by atoms with Gasteiger partial charge in [0, 0.05) is 34.1 Å². The van der Waals surface area contributed by atoms with E-state index in [1.54, 1.807) is 6.20 Å². The SMILES string of the molecule is CCC(C)CC(=O)c1c[nH]c2ccc(Cl)cc12. The third-order valence-electron chi connectivity index (χ3n) is 3.17. The lowest BCUT2D eigenvalue weighted by molar-refractivity contribution is 0.0965. The highest BCUT2D eigenvalue weighted by atomic mass is 35.5. The molecule has 1 N–H and O–H groups in total. The van der Waals surface area contributed by atoms with Crippen molar-refractivity contribution in [2.24, 2.45) is 5.92 Å². The van der Waals surface area contributed by atoms with Crippen LogP contribution in [0, 0.1) is 5.92 Å². The first-order valence-electron chi connectivity index (χ1n) is 5.91. The summed E-state index contributed by atoms with van der Waals surface area (Å²) in [6, 6.07) is 5.57. The van der Waals surface area contributed by atoms with E-state index in [0.29, 0.717) is 17.4 Å². The van der Waals surface area contributed by atoms with Crippen molar-refractivity contribution in [2.75, 3.05) is 0 Å². The first kappa shape index (κ1) is 12.2. The van der Waals surface area contributed by atoms with Gasteiger partial charge in [-0.1, -0.05) is 31.9 Å². The second-order valence-electron chi connectivity index (χ2n) is 4.53. The summed E-state index contributed by atoms with van der Waals surface area (Å²) < 4.78 is 0. The number of aromatic nitrogens is 1. The zero-order valence-electron chi connectivity index (χ0n) is 10.1. The van der Waals surface area contributed by atoms with E-state index < -0.39 is 0 Å². The number of benzene rings is 1. The van der Waals surface area contributed by atoms with Crippen LogP contribution < -0.4 is 0 Å². The van der Waals surface area contributed by atoms with Crippen molar-refractivity contribution >= 4 is 28.3 Å². The van der Waals surface area contributed by atoms with E-state index in [4.69, 9.17) is 11.6 Å². The number of nitrogens with one attached hydrogen (secondary N) is 1. The lowest BCUT2D eigenvalue weighted by Gasteiger charge is -2.06. The molecule has 1 aromatic heterocycles. The minimum atomic E-state index is 0.188. The predicted molar refractivity (Wildman–Crippen MR) is 71.7 cm³/mol. The van der Waals surface area contributed by atoms with E-state index in [9.17, 15) is 4.79 Å². The molecule has 2 aromatic rings. The van der Waals surface area contributed by atoms with Crippen molar-refractivity contribution < 1.29 is 4.79 Å². The highest BCUT2D eigenvalue weighted by molar-refractivity contribution is 6.31. The van der Waals surface area contributed by atoms with Gasteiger partial charge >= 0.3 is 0 Å². The average molecular weight is 250 g/mol. The van der Waals surface area contributed by atoms with Crippen LogP contribution in [0.1, 0.15) is 37.0 Å². The molecule has 0 saturated carbocycles. The van der Waals surface area contributed by atoms with Crippen molar-refractivity contribution in [3.05, 3.63) is 35.0 Å². The molecule has 0 aliphatic heterocycles. The molecule has 2 rings (SSSR count). The maximum atomic E-state index is 12.1. The summed E-state index contributed by atoms with van der Waals surface area (Å²) in [6.07, 6.45) is 3.40. The molecule has 0 aliphatic carbocycles. The summed E-state index contributed by atoms with van der Waals surface area (Å²) in [6.45, 7) is 4.20. The molecular weight excluding hydrogens is 234 g/mol. The second kappa shape index (κ2) is 4.92. The molecule has 1 heterocycles. The lowest BCUT2D eigenvalue weighted by Crippen LogP contribution is -2.04. The molecule has 0 spiro atoms. The first-order valence-corrected chi connectivity index (χ1v) is 6.29. The van der Waals surface area contributed by atoms with Gasteiger partial charge in [-0.2, -0.15) is 0 Å². The van der Waals surface area contributed by atoms with Crippen molar-refractivity contribution in [3.8, 4) is 0 Å². The van der Waals surface area contributed by atoms with Crippen LogP contribution in [0.3, 0.4) is 0 Å². The summed E-state index contributed by atoms with van der Waals surface area (Å²) in [5.74, 6) is 0.611. The number of aromatic amines is 1. The molecule has 1 aromatic carbocycles. The number of H-pyrrole nitrogens is 1. The molecule has 2 nitrogen and oxygen atoms in total. The summed E-state index contributed by atoms with van der Waals surface area (Å²) in [5.41, 5.74) is 1.71.